The Balaban J connectivity index is 3.83. The van der Waals surface area contributed by atoms with Gasteiger partial charge >= 0.3 is 0 Å². The van der Waals surface area contributed by atoms with E-state index in [-0.39, 0.29) is 0 Å². The molecule has 0 heterocycles. The quantitative estimate of drug-likeness (QED) is 0.559. The van der Waals surface area contributed by atoms with Crippen molar-refractivity contribution in [2.75, 3.05) is 7.05 Å². The molecule has 0 saturated heterocycles. The standard InChI is InChI=1S/C7H12N2/c1-6(5-8)4-7(2)9-3/h4,7,9H,1-3H3/b6-4+. The van der Waals surface area contributed by atoms with Gasteiger partial charge in [0, 0.05) is 11.6 Å². The fourth-order valence-electron chi connectivity index (χ4n) is 0.496. The Kier molecular flexibility index (Phi) is 3.74. The zero-order valence-corrected chi connectivity index (χ0v) is 6.10. The van der Waals surface area contributed by atoms with Crippen molar-refractivity contribution < 1.29 is 0 Å². The van der Waals surface area contributed by atoms with Gasteiger partial charge in [-0.15, -0.1) is 0 Å². The van der Waals surface area contributed by atoms with E-state index in [1.165, 1.54) is 0 Å². The van der Waals surface area contributed by atoms with E-state index in [9.17, 15) is 0 Å². The van der Waals surface area contributed by atoms with Crippen LogP contribution in [0.4, 0.5) is 0 Å². The number of likely N-dealkylation sites (N-methyl/N-ethyl adjacent to an activating group) is 1. The minimum absolute atomic E-state index is 0.296. The second-order valence-electron chi connectivity index (χ2n) is 2.04. The lowest BCUT2D eigenvalue weighted by Crippen LogP contribution is -2.18. The fraction of sp³-hybridized carbons (Fsp3) is 0.571. The van der Waals surface area contributed by atoms with Crippen LogP contribution in [0, 0.1) is 11.3 Å². The molecule has 1 N–H and O–H groups in total. The topological polar surface area (TPSA) is 35.8 Å². The molecule has 0 saturated carbocycles. The van der Waals surface area contributed by atoms with E-state index in [1.807, 2.05) is 20.0 Å². The van der Waals surface area contributed by atoms with Crippen LogP contribution >= 0.6 is 0 Å². The second kappa shape index (κ2) is 4.11. The third-order valence-electron chi connectivity index (χ3n) is 1.13. The van der Waals surface area contributed by atoms with Gasteiger partial charge in [-0.1, -0.05) is 6.08 Å². The highest BCUT2D eigenvalue weighted by atomic mass is 14.8. The summed E-state index contributed by atoms with van der Waals surface area (Å²) in [5.41, 5.74) is 0.761. The Hall–Kier alpha value is -0.810. The molecular formula is C7H12N2. The molecule has 1 unspecified atom stereocenters. The van der Waals surface area contributed by atoms with Gasteiger partial charge in [0.15, 0.2) is 0 Å². The van der Waals surface area contributed by atoms with Crippen LogP contribution in [0.5, 0.6) is 0 Å². The summed E-state index contributed by atoms with van der Waals surface area (Å²) in [5.74, 6) is 0. The number of nitrogens with zero attached hydrogens (tertiary/aromatic N) is 1. The molecule has 0 bridgehead atoms. The zero-order valence-electron chi connectivity index (χ0n) is 6.10. The Labute approximate surface area is 56.2 Å². The third kappa shape index (κ3) is 3.75. The predicted octanol–water partition coefficient (Wildman–Crippen LogP) is 1.06. The van der Waals surface area contributed by atoms with Gasteiger partial charge in [-0.05, 0) is 20.9 Å². The van der Waals surface area contributed by atoms with Crippen LogP contribution < -0.4 is 5.32 Å². The first-order valence-electron chi connectivity index (χ1n) is 2.96. The molecule has 0 aromatic rings. The van der Waals surface area contributed by atoms with Gasteiger partial charge in [-0.2, -0.15) is 5.26 Å². The highest BCUT2D eigenvalue weighted by Crippen LogP contribution is 1.91. The summed E-state index contributed by atoms with van der Waals surface area (Å²) >= 11 is 0. The van der Waals surface area contributed by atoms with E-state index in [2.05, 4.69) is 11.4 Å². The number of nitrogens with one attached hydrogen (secondary N) is 1. The molecule has 0 aliphatic carbocycles. The van der Waals surface area contributed by atoms with E-state index < -0.39 is 0 Å². The van der Waals surface area contributed by atoms with Gasteiger partial charge in [0.25, 0.3) is 0 Å². The number of hydrogen-bond donors (Lipinski definition) is 1. The largest absolute Gasteiger partial charge is 0.314 e. The molecule has 0 fully saturated rings. The van der Waals surface area contributed by atoms with E-state index in [1.54, 1.807) is 6.92 Å². The summed E-state index contributed by atoms with van der Waals surface area (Å²) in [4.78, 5) is 0. The molecule has 0 spiro atoms. The van der Waals surface area contributed by atoms with Crippen LogP contribution in [0.15, 0.2) is 11.6 Å². The minimum atomic E-state index is 0.296. The smallest absolute Gasteiger partial charge is 0.0941 e. The minimum Gasteiger partial charge on any atom is -0.314 e. The number of nitriles is 1. The van der Waals surface area contributed by atoms with Gasteiger partial charge in [-0.25, -0.2) is 0 Å². The first-order valence-corrected chi connectivity index (χ1v) is 2.96. The van der Waals surface area contributed by atoms with Crippen molar-refractivity contribution in [3.8, 4) is 6.07 Å². The molecule has 0 aliphatic heterocycles. The van der Waals surface area contributed by atoms with Crippen LogP contribution in [-0.2, 0) is 0 Å². The van der Waals surface area contributed by atoms with Crippen LogP contribution in [0.2, 0.25) is 0 Å². The molecule has 9 heavy (non-hydrogen) atoms. The summed E-state index contributed by atoms with van der Waals surface area (Å²) < 4.78 is 0. The maximum Gasteiger partial charge on any atom is 0.0941 e. The maximum atomic E-state index is 8.33. The molecule has 50 valence electrons. The molecule has 0 aromatic carbocycles. The average molecular weight is 124 g/mol. The van der Waals surface area contributed by atoms with E-state index >= 15 is 0 Å². The molecule has 0 radical (unpaired) electrons. The molecule has 0 aliphatic rings. The molecule has 1 atom stereocenters. The number of allylic oxidation sites excluding steroid dienone is 1. The van der Waals surface area contributed by atoms with Gasteiger partial charge in [0.2, 0.25) is 0 Å². The van der Waals surface area contributed by atoms with Crippen molar-refractivity contribution >= 4 is 0 Å². The van der Waals surface area contributed by atoms with Crippen LogP contribution in [0.1, 0.15) is 13.8 Å². The van der Waals surface area contributed by atoms with Crippen molar-refractivity contribution in [2.45, 2.75) is 19.9 Å². The van der Waals surface area contributed by atoms with Gasteiger partial charge in [0.1, 0.15) is 0 Å². The average Bonchev–Trinajstić information content (AvgIpc) is 1.87. The molecular weight excluding hydrogens is 112 g/mol. The summed E-state index contributed by atoms with van der Waals surface area (Å²) in [6.07, 6.45) is 1.89. The molecule has 2 heteroatoms. The van der Waals surface area contributed by atoms with E-state index in [0.29, 0.717) is 6.04 Å². The first-order chi connectivity index (χ1) is 4.20. The normalized spacial score (nSPS) is 14.7. The summed E-state index contributed by atoms with van der Waals surface area (Å²) in [5, 5.41) is 11.3. The van der Waals surface area contributed by atoms with E-state index in [4.69, 9.17) is 5.26 Å². The zero-order chi connectivity index (χ0) is 7.28. The summed E-state index contributed by atoms with van der Waals surface area (Å²) in [6.45, 7) is 3.80. The Morgan fingerprint density at radius 3 is 2.67 bits per heavy atom. The first kappa shape index (κ1) is 8.19. The Bertz CT molecular complexity index is 141. The lowest BCUT2D eigenvalue weighted by Gasteiger charge is -2.01. The Morgan fingerprint density at radius 2 is 2.33 bits per heavy atom. The third-order valence-corrected chi connectivity index (χ3v) is 1.13. The van der Waals surface area contributed by atoms with Crippen molar-refractivity contribution in [3.63, 3.8) is 0 Å². The number of hydrogen-bond acceptors (Lipinski definition) is 2. The van der Waals surface area contributed by atoms with Crippen LogP contribution in [0.25, 0.3) is 0 Å². The van der Waals surface area contributed by atoms with Crippen molar-refractivity contribution in [1.29, 1.82) is 5.26 Å². The van der Waals surface area contributed by atoms with Crippen molar-refractivity contribution in [1.82, 2.24) is 5.32 Å². The monoisotopic (exact) mass is 124 g/mol. The Morgan fingerprint density at radius 1 is 1.78 bits per heavy atom. The highest BCUT2D eigenvalue weighted by Gasteiger charge is 1.91. The second-order valence-corrected chi connectivity index (χ2v) is 2.04. The molecule has 0 aromatic heterocycles. The lowest BCUT2D eigenvalue weighted by atomic mass is 10.2. The highest BCUT2D eigenvalue weighted by molar-refractivity contribution is 5.19. The molecule has 0 amide bonds. The summed E-state index contributed by atoms with van der Waals surface area (Å²) in [6, 6.07) is 2.35. The predicted molar refractivity (Wildman–Crippen MR) is 37.9 cm³/mol. The maximum absolute atomic E-state index is 8.33. The van der Waals surface area contributed by atoms with Gasteiger partial charge in [-0.3, -0.25) is 0 Å². The van der Waals surface area contributed by atoms with Crippen LogP contribution in [-0.4, -0.2) is 13.1 Å². The van der Waals surface area contributed by atoms with Gasteiger partial charge < -0.3 is 5.32 Å². The van der Waals surface area contributed by atoms with Crippen molar-refractivity contribution in [2.24, 2.45) is 0 Å². The SMILES string of the molecule is CNC(C)/C=C(\C)C#N. The number of rotatable bonds is 2. The fourth-order valence-corrected chi connectivity index (χ4v) is 0.496. The van der Waals surface area contributed by atoms with E-state index in [0.717, 1.165) is 5.57 Å². The molecule has 2 nitrogen and oxygen atoms in total. The molecule has 0 rings (SSSR count). The lowest BCUT2D eigenvalue weighted by molar-refractivity contribution is 0.726. The summed E-state index contributed by atoms with van der Waals surface area (Å²) in [7, 11) is 1.87. The van der Waals surface area contributed by atoms with Crippen LogP contribution in [0.3, 0.4) is 0 Å². The van der Waals surface area contributed by atoms with Gasteiger partial charge in [0.05, 0.1) is 6.07 Å². The van der Waals surface area contributed by atoms with Crippen molar-refractivity contribution in [3.05, 3.63) is 11.6 Å².